The third-order valence-electron chi connectivity index (χ3n) is 3.39. The normalized spacial score (nSPS) is 13.1. The molecule has 0 saturated carbocycles. The van der Waals surface area contributed by atoms with Gasteiger partial charge in [-0.3, -0.25) is 4.79 Å². The van der Waals surface area contributed by atoms with E-state index in [1.807, 2.05) is 34.6 Å². The molecular weight excluding hydrogens is 280 g/mol. The number of hydrogen-bond donors (Lipinski definition) is 0. The van der Waals surface area contributed by atoms with Crippen LogP contribution in [0.4, 0.5) is 0 Å². The molecule has 4 nitrogen and oxygen atoms in total. The Morgan fingerprint density at radius 3 is 1.95 bits per heavy atom. The molecule has 0 aliphatic heterocycles. The van der Waals surface area contributed by atoms with E-state index in [0.29, 0.717) is 25.2 Å². The van der Waals surface area contributed by atoms with Crippen molar-refractivity contribution >= 4 is 11.9 Å². The Labute approximate surface area is 135 Å². The predicted octanol–water partition coefficient (Wildman–Crippen LogP) is 4.28. The number of allylic oxidation sites excluding steroid dienone is 1. The summed E-state index contributed by atoms with van der Waals surface area (Å²) < 4.78 is 10.6. The standard InChI is InChI=1S/C18H32O4/c1-6-9-12-21-17(19)15(11-8-3)16(14(4)5)18(20)22-13-10-7-2/h11,14,16H,6-10,12-13H2,1-5H3. The van der Waals surface area contributed by atoms with Gasteiger partial charge in [0.2, 0.25) is 0 Å². The number of unbranched alkanes of at least 4 members (excludes halogenated alkanes) is 2. The molecule has 1 unspecified atom stereocenters. The molecule has 0 spiro atoms. The fourth-order valence-electron chi connectivity index (χ4n) is 2.11. The molecule has 0 aliphatic carbocycles. The number of rotatable bonds is 11. The van der Waals surface area contributed by atoms with Crippen LogP contribution in [-0.2, 0) is 19.1 Å². The molecule has 0 radical (unpaired) electrons. The van der Waals surface area contributed by atoms with Crippen molar-refractivity contribution < 1.29 is 19.1 Å². The van der Waals surface area contributed by atoms with Crippen LogP contribution >= 0.6 is 0 Å². The first-order valence-electron chi connectivity index (χ1n) is 8.53. The maximum atomic E-state index is 12.3. The molecule has 0 aromatic rings. The van der Waals surface area contributed by atoms with Gasteiger partial charge in [0, 0.05) is 5.57 Å². The van der Waals surface area contributed by atoms with Gasteiger partial charge in [0.05, 0.1) is 19.1 Å². The largest absolute Gasteiger partial charge is 0.465 e. The summed E-state index contributed by atoms with van der Waals surface area (Å²) in [6, 6.07) is 0. The highest BCUT2D eigenvalue weighted by Gasteiger charge is 2.32. The lowest BCUT2D eigenvalue weighted by atomic mass is 9.87. The highest BCUT2D eigenvalue weighted by molar-refractivity contribution is 5.95. The average molecular weight is 312 g/mol. The van der Waals surface area contributed by atoms with Crippen LogP contribution in [0.1, 0.15) is 66.7 Å². The lowest BCUT2D eigenvalue weighted by Crippen LogP contribution is -2.29. The van der Waals surface area contributed by atoms with Gasteiger partial charge < -0.3 is 9.47 Å². The summed E-state index contributed by atoms with van der Waals surface area (Å²) in [5, 5.41) is 0. The maximum Gasteiger partial charge on any atom is 0.334 e. The van der Waals surface area contributed by atoms with E-state index in [-0.39, 0.29) is 17.9 Å². The SMILES string of the molecule is CCC=C(C(=O)OCCCC)C(C(=O)OCCCC)C(C)C. The van der Waals surface area contributed by atoms with E-state index in [9.17, 15) is 9.59 Å². The molecule has 0 heterocycles. The lowest BCUT2D eigenvalue weighted by Gasteiger charge is -2.21. The summed E-state index contributed by atoms with van der Waals surface area (Å²) in [4.78, 5) is 24.6. The minimum absolute atomic E-state index is 0.00866. The van der Waals surface area contributed by atoms with Crippen LogP contribution in [-0.4, -0.2) is 25.2 Å². The van der Waals surface area contributed by atoms with Gasteiger partial charge in [-0.1, -0.05) is 53.5 Å². The van der Waals surface area contributed by atoms with Crippen LogP contribution in [0, 0.1) is 11.8 Å². The lowest BCUT2D eigenvalue weighted by molar-refractivity contribution is -0.152. The molecule has 0 bridgehead atoms. The van der Waals surface area contributed by atoms with E-state index in [2.05, 4.69) is 0 Å². The number of hydrogen-bond acceptors (Lipinski definition) is 4. The molecule has 22 heavy (non-hydrogen) atoms. The second-order valence-electron chi connectivity index (χ2n) is 5.80. The summed E-state index contributed by atoms with van der Waals surface area (Å²) in [5.74, 6) is -1.27. The topological polar surface area (TPSA) is 52.6 Å². The Morgan fingerprint density at radius 2 is 1.50 bits per heavy atom. The Morgan fingerprint density at radius 1 is 0.955 bits per heavy atom. The minimum Gasteiger partial charge on any atom is -0.465 e. The van der Waals surface area contributed by atoms with Gasteiger partial charge in [0.15, 0.2) is 0 Å². The van der Waals surface area contributed by atoms with E-state index >= 15 is 0 Å². The molecule has 0 saturated heterocycles. The minimum atomic E-state index is -0.550. The van der Waals surface area contributed by atoms with Crippen molar-refractivity contribution in [1.29, 1.82) is 0 Å². The van der Waals surface area contributed by atoms with E-state index in [0.717, 1.165) is 25.7 Å². The van der Waals surface area contributed by atoms with Crippen molar-refractivity contribution in [2.45, 2.75) is 66.7 Å². The van der Waals surface area contributed by atoms with E-state index in [1.165, 1.54) is 0 Å². The summed E-state index contributed by atoms with van der Waals surface area (Å²) >= 11 is 0. The molecule has 0 fully saturated rings. The van der Waals surface area contributed by atoms with Gasteiger partial charge in [-0.05, 0) is 25.2 Å². The van der Waals surface area contributed by atoms with Crippen molar-refractivity contribution in [1.82, 2.24) is 0 Å². The molecule has 128 valence electrons. The van der Waals surface area contributed by atoms with Crippen LogP contribution in [0.15, 0.2) is 11.6 Å². The highest BCUT2D eigenvalue weighted by Crippen LogP contribution is 2.24. The maximum absolute atomic E-state index is 12.3. The number of esters is 2. The van der Waals surface area contributed by atoms with Crippen molar-refractivity contribution in [3.05, 3.63) is 11.6 Å². The Kier molecular flexibility index (Phi) is 11.5. The second-order valence-corrected chi connectivity index (χ2v) is 5.80. The third kappa shape index (κ3) is 7.62. The molecule has 0 aromatic heterocycles. The first-order valence-corrected chi connectivity index (χ1v) is 8.53. The van der Waals surface area contributed by atoms with Crippen LogP contribution in [0.5, 0.6) is 0 Å². The van der Waals surface area contributed by atoms with Crippen LogP contribution in [0.3, 0.4) is 0 Å². The van der Waals surface area contributed by atoms with Gasteiger partial charge in [-0.25, -0.2) is 4.79 Å². The van der Waals surface area contributed by atoms with E-state index in [4.69, 9.17) is 9.47 Å². The predicted molar refractivity (Wildman–Crippen MR) is 88.4 cm³/mol. The van der Waals surface area contributed by atoms with Crippen molar-refractivity contribution in [3.63, 3.8) is 0 Å². The summed E-state index contributed by atoms with van der Waals surface area (Å²) in [6.07, 6.45) is 6.08. The summed E-state index contributed by atoms with van der Waals surface area (Å²) in [5.41, 5.74) is 0.440. The fourth-order valence-corrected chi connectivity index (χ4v) is 2.11. The smallest absolute Gasteiger partial charge is 0.334 e. The monoisotopic (exact) mass is 312 g/mol. The zero-order chi connectivity index (χ0) is 17.0. The zero-order valence-corrected chi connectivity index (χ0v) is 14.8. The Bertz CT molecular complexity index is 358. The Balaban J connectivity index is 4.99. The van der Waals surface area contributed by atoms with Gasteiger partial charge in [0.25, 0.3) is 0 Å². The highest BCUT2D eigenvalue weighted by atomic mass is 16.5. The Hall–Kier alpha value is -1.32. The van der Waals surface area contributed by atoms with Crippen molar-refractivity contribution in [3.8, 4) is 0 Å². The van der Waals surface area contributed by atoms with E-state index < -0.39 is 5.92 Å². The van der Waals surface area contributed by atoms with Gasteiger partial charge in [0.1, 0.15) is 0 Å². The fraction of sp³-hybridized carbons (Fsp3) is 0.778. The average Bonchev–Trinajstić information content (AvgIpc) is 2.46. The summed E-state index contributed by atoms with van der Waals surface area (Å²) in [6.45, 7) is 10.7. The number of carbonyl (C=O) groups is 2. The van der Waals surface area contributed by atoms with Gasteiger partial charge in [-0.2, -0.15) is 0 Å². The molecule has 0 aliphatic rings. The van der Waals surface area contributed by atoms with Crippen LogP contribution in [0.2, 0.25) is 0 Å². The number of carbonyl (C=O) groups excluding carboxylic acids is 2. The molecular formula is C18H32O4. The first kappa shape index (κ1) is 20.7. The summed E-state index contributed by atoms with van der Waals surface area (Å²) in [7, 11) is 0. The van der Waals surface area contributed by atoms with Crippen LogP contribution < -0.4 is 0 Å². The van der Waals surface area contributed by atoms with Gasteiger partial charge >= 0.3 is 11.9 Å². The zero-order valence-electron chi connectivity index (χ0n) is 14.8. The van der Waals surface area contributed by atoms with Crippen molar-refractivity contribution in [2.24, 2.45) is 11.8 Å². The molecule has 0 aromatic carbocycles. The quantitative estimate of drug-likeness (QED) is 0.324. The first-order chi connectivity index (χ1) is 10.5. The number of ether oxygens (including phenoxy) is 2. The molecule has 4 heteroatoms. The van der Waals surface area contributed by atoms with Crippen LogP contribution in [0.25, 0.3) is 0 Å². The van der Waals surface area contributed by atoms with Crippen molar-refractivity contribution in [2.75, 3.05) is 13.2 Å². The molecule has 1 atom stereocenters. The molecule has 0 N–H and O–H groups in total. The van der Waals surface area contributed by atoms with E-state index in [1.54, 1.807) is 6.08 Å². The third-order valence-corrected chi connectivity index (χ3v) is 3.39. The van der Waals surface area contributed by atoms with Gasteiger partial charge in [-0.15, -0.1) is 0 Å². The molecule has 0 amide bonds. The second kappa shape index (κ2) is 12.2. The molecule has 0 rings (SSSR count).